The topological polar surface area (TPSA) is 58.8 Å². The molecule has 0 spiro atoms. The normalized spacial score (nSPS) is 11.2. The molecule has 0 aliphatic carbocycles. The number of aryl methyl sites for hydroxylation is 1. The maximum absolute atomic E-state index is 13.6. The number of phenols is 1. The van der Waals surface area contributed by atoms with Crippen molar-refractivity contribution in [1.82, 2.24) is 4.40 Å². The predicted molar refractivity (Wildman–Crippen MR) is 126 cm³/mol. The zero-order valence-electron chi connectivity index (χ0n) is 17.2. The van der Waals surface area contributed by atoms with Crippen LogP contribution in [-0.4, -0.2) is 21.1 Å². The van der Waals surface area contributed by atoms with Crippen LogP contribution in [0, 0.1) is 6.92 Å². The van der Waals surface area contributed by atoms with Gasteiger partial charge in [0.25, 0.3) is 0 Å². The zero-order valence-corrected chi connectivity index (χ0v) is 17.9. The summed E-state index contributed by atoms with van der Waals surface area (Å²) in [6.45, 7) is 1.96. The molecule has 32 heavy (non-hydrogen) atoms. The van der Waals surface area contributed by atoms with E-state index in [0.717, 1.165) is 16.3 Å². The summed E-state index contributed by atoms with van der Waals surface area (Å²) >= 11 is 6.09. The molecule has 0 aliphatic heterocycles. The minimum atomic E-state index is -0.401. The lowest BCUT2D eigenvalue weighted by molar-refractivity contribution is 0.103. The number of aromatic nitrogens is 1. The molecule has 1 N–H and O–H groups in total. The van der Waals surface area contributed by atoms with E-state index >= 15 is 0 Å². The Kier molecular flexibility index (Phi) is 4.80. The second kappa shape index (κ2) is 7.66. The second-order valence-electron chi connectivity index (χ2n) is 7.75. The average molecular weight is 440 g/mol. The quantitative estimate of drug-likeness (QED) is 0.338. The summed E-state index contributed by atoms with van der Waals surface area (Å²) in [7, 11) is 0. The second-order valence-corrected chi connectivity index (χ2v) is 8.19. The fraction of sp³-hybridized carbons (Fsp3) is 0.0370. The molecule has 4 nitrogen and oxygen atoms in total. The van der Waals surface area contributed by atoms with Gasteiger partial charge in [-0.1, -0.05) is 65.7 Å². The highest BCUT2D eigenvalue weighted by Gasteiger charge is 2.24. The fourth-order valence-electron chi connectivity index (χ4n) is 4.00. The summed E-state index contributed by atoms with van der Waals surface area (Å²) < 4.78 is 1.75. The Morgan fingerprint density at radius 3 is 2.38 bits per heavy atom. The first-order chi connectivity index (χ1) is 15.4. The predicted octanol–water partition coefficient (Wildman–Crippen LogP) is 6.22. The molecule has 0 atom stereocenters. The number of phenolic OH excluding ortho intramolecular Hbond substituents is 1. The van der Waals surface area contributed by atoms with Crippen LogP contribution < -0.4 is 0 Å². The molecule has 2 heterocycles. The molecule has 0 saturated heterocycles. The van der Waals surface area contributed by atoms with Crippen molar-refractivity contribution < 1.29 is 14.7 Å². The Hall–Kier alpha value is -3.89. The molecule has 0 amide bonds. The molecule has 0 unspecified atom stereocenters. The van der Waals surface area contributed by atoms with Gasteiger partial charge in [-0.25, -0.2) is 0 Å². The van der Waals surface area contributed by atoms with Crippen molar-refractivity contribution in [1.29, 1.82) is 0 Å². The van der Waals surface area contributed by atoms with Crippen molar-refractivity contribution in [2.24, 2.45) is 0 Å². The third-order valence-electron chi connectivity index (χ3n) is 5.65. The number of aromatic hydroxyl groups is 1. The molecule has 0 aliphatic rings. The number of carbonyl (C=O) groups excluding carboxylic acids is 2. The summed E-state index contributed by atoms with van der Waals surface area (Å²) in [5, 5.41) is 12.4. The number of hydrogen-bond donors (Lipinski definition) is 1. The van der Waals surface area contributed by atoms with Gasteiger partial charge in [-0.2, -0.15) is 0 Å². The molecule has 156 valence electrons. The number of carbonyl (C=O) groups is 2. The first-order valence-corrected chi connectivity index (χ1v) is 10.5. The maximum Gasteiger partial charge on any atom is 0.209 e. The largest absolute Gasteiger partial charge is 0.507 e. The van der Waals surface area contributed by atoms with Gasteiger partial charge in [0.05, 0.1) is 16.8 Å². The van der Waals surface area contributed by atoms with Crippen molar-refractivity contribution in [3.8, 4) is 5.75 Å². The van der Waals surface area contributed by atoms with Gasteiger partial charge in [0.1, 0.15) is 5.75 Å². The molecular weight excluding hydrogens is 422 g/mol. The van der Waals surface area contributed by atoms with Crippen LogP contribution in [0.1, 0.15) is 37.5 Å². The highest BCUT2D eigenvalue weighted by Crippen LogP contribution is 2.32. The van der Waals surface area contributed by atoms with Crippen molar-refractivity contribution in [2.45, 2.75) is 6.92 Å². The summed E-state index contributed by atoms with van der Waals surface area (Å²) in [5.41, 5.74) is 3.00. The van der Waals surface area contributed by atoms with Crippen LogP contribution in [0.2, 0.25) is 5.02 Å². The van der Waals surface area contributed by atoms with Gasteiger partial charge in [0.2, 0.25) is 5.78 Å². The van der Waals surface area contributed by atoms with E-state index in [0.29, 0.717) is 27.4 Å². The highest BCUT2D eigenvalue weighted by atomic mass is 35.5. The van der Waals surface area contributed by atoms with Gasteiger partial charge in [0, 0.05) is 27.7 Å². The highest BCUT2D eigenvalue weighted by molar-refractivity contribution is 6.31. The number of nitrogens with zero attached hydrogens (tertiary/aromatic N) is 1. The number of pyridine rings is 1. The molecule has 0 radical (unpaired) electrons. The molecule has 0 saturated carbocycles. The molecule has 0 bridgehead atoms. The Labute approximate surface area is 189 Å². The van der Waals surface area contributed by atoms with Crippen LogP contribution in [0.3, 0.4) is 0 Å². The van der Waals surface area contributed by atoms with E-state index in [9.17, 15) is 14.7 Å². The fourth-order valence-corrected chi connectivity index (χ4v) is 4.18. The van der Waals surface area contributed by atoms with E-state index in [1.165, 1.54) is 18.2 Å². The lowest BCUT2D eigenvalue weighted by Crippen LogP contribution is -2.05. The van der Waals surface area contributed by atoms with Crippen molar-refractivity contribution in [2.75, 3.05) is 0 Å². The number of ketones is 2. The van der Waals surface area contributed by atoms with Gasteiger partial charge in [0.15, 0.2) is 5.78 Å². The van der Waals surface area contributed by atoms with E-state index in [2.05, 4.69) is 0 Å². The maximum atomic E-state index is 13.6. The molecule has 5 aromatic rings. The number of rotatable bonds is 4. The van der Waals surface area contributed by atoms with Gasteiger partial charge in [-0.3, -0.25) is 9.59 Å². The Morgan fingerprint density at radius 2 is 1.59 bits per heavy atom. The Balaban J connectivity index is 1.79. The molecule has 2 aromatic heterocycles. The molecule has 5 rings (SSSR count). The number of hydrogen-bond acceptors (Lipinski definition) is 3. The van der Waals surface area contributed by atoms with Crippen LogP contribution in [0.25, 0.3) is 16.3 Å². The van der Waals surface area contributed by atoms with Crippen LogP contribution in [0.5, 0.6) is 5.75 Å². The average Bonchev–Trinajstić information content (AvgIpc) is 3.20. The van der Waals surface area contributed by atoms with Crippen LogP contribution in [0.15, 0.2) is 85.1 Å². The molecule has 5 heteroatoms. The summed E-state index contributed by atoms with van der Waals surface area (Å²) in [6, 6.07) is 22.9. The number of fused-ring (bicyclic) bond motifs is 3. The minimum Gasteiger partial charge on any atom is -0.507 e. The summed E-state index contributed by atoms with van der Waals surface area (Å²) in [4.78, 5) is 26.9. The third-order valence-corrected chi connectivity index (χ3v) is 5.89. The zero-order chi connectivity index (χ0) is 22.4. The Morgan fingerprint density at radius 1 is 0.844 bits per heavy atom. The Bertz CT molecular complexity index is 1530. The first-order valence-electron chi connectivity index (χ1n) is 10.1. The molecule has 0 fully saturated rings. The lowest BCUT2D eigenvalue weighted by Gasteiger charge is -2.07. The van der Waals surface area contributed by atoms with Crippen molar-refractivity contribution in [3.05, 3.63) is 118 Å². The summed E-state index contributed by atoms with van der Waals surface area (Å²) in [5.74, 6) is -0.753. The van der Waals surface area contributed by atoms with Crippen molar-refractivity contribution >= 4 is 39.5 Å². The van der Waals surface area contributed by atoms with Gasteiger partial charge in [-0.05, 0) is 42.6 Å². The smallest absolute Gasteiger partial charge is 0.209 e. The molecule has 3 aromatic carbocycles. The monoisotopic (exact) mass is 439 g/mol. The minimum absolute atomic E-state index is 0.0901. The van der Waals surface area contributed by atoms with E-state index in [-0.39, 0.29) is 17.1 Å². The third kappa shape index (κ3) is 3.26. The van der Waals surface area contributed by atoms with E-state index in [4.69, 9.17) is 11.6 Å². The number of halogens is 1. The van der Waals surface area contributed by atoms with Crippen LogP contribution in [-0.2, 0) is 0 Å². The molecular formula is C27H18ClNO3. The van der Waals surface area contributed by atoms with E-state index < -0.39 is 5.78 Å². The lowest BCUT2D eigenvalue weighted by atomic mass is 10.0. The van der Waals surface area contributed by atoms with Gasteiger partial charge in [-0.15, -0.1) is 0 Å². The van der Waals surface area contributed by atoms with Crippen LogP contribution in [0.4, 0.5) is 0 Å². The SMILES string of the molecule is Cc1ccc(C(=O)c2cc(C(=O)c3cc(Cl)ccc3O)c3c4ccccc4ccn23)cc1. The number of benzene rings is 3. The first kappa shape index (κ1) is 20.0. The summed E-state index contributed by atoms with van der Waals surface area (Å²) in [6.07, 6.45) is 1.80. The standard InChI is InChI=1S/C27H18ClNO3/c1-16-6-8-18(9-7-16)26(31)23-15-22(27(32)21-14-19(28)10-11-24(21)30)25-20-5-3-2-4-17(20)12-13-29(23)25/h2-15,30H,1H3. The van der Waals surface area contributed by atoms with Crippen molar-refractivity contribution in [3.63, 3.8) is 0 Å². The van der Waals surface area contributed by atoms with Gasteiger partial charge < -0.3 is 9.51 Å². The van der Waals surface area contributed by atoms with E-state index in [1.807, 2.05) is 49.4 Å². The van der Waals surface area contributed by atoms with Crippen LogP contribution >= 0.6 is 11.6 Å². The van der Waals surface area contributed by atoms with Gasteiger partial charge >= 0.3 is 0 Å². The van der Waals surface area contributed by atoms with E-state index in [1.54, 1.807) is 28.8 Å².